The van der Waals surface area contributed by atoms with Crippen LogP contribution < -0.4 is 0 Å². The minimum atomic E-state index is 0.261. The fourth-order valence-electron chi connectivity index (χ4n) is 2.19. The van der Waals surface area contributed by atoms with E-state index in [1.165, 1.54) is 18.6 Å². The number of hydrogen-bond donors (Lipinski definition) is 1. The zero-order valence-corrected chi connectivity index (χ0v) is 9.78. The summed E-state index contributed by atoms with van der Waals surface area (Å²) in [5, 5.41) is 9.69. The molecule has 3 nitrogen and oxygen atoms in total. The molecule has 4 heteroatoms. The van der Waals surface area contributed by atoms with Crippen molar-refractivity contribution in [3.05, 3.63) is 30.2 Å². The normalized spacial score (nSPS) is 21.4. The highest BCUT2D eigenvalue weighted by molar-refractivity contribution is 7.99. The number of fused-ring (bicyclic) bond motifs is 1. The van der Waals surface area contributed by atoms with Crippen LogP contribution in [0.5, 0.6) is 5.75 Å². The average molecular weight is 234 g/mol. The third-order valence-electron chi connectivity index (χ3n) is 3.06. The van der Waals surface area contributed by atoms with Gasteiger partial charge in [-0.1, -0.05) is 0 Å². The van der Waals surface area contributed by atoms with Crippen molar-refractivity contribution in [2.24, 2.45) is 0 Å². The monoisotopic (exact) mass is 234 g/mol. The maximum atomic E-state index is 9.69. The highest BCUT2D eigenvalue weighted by Crippen LogP contribution is 2.31. The van der Waals surface area contributed by atoms with E-state index in [1.807, 2.05) is 34.6 Å². The number of aromatic hydroxyl groups is 1. The van der Waals surface area contributed by atoms with Crippen LogP contribution in [0, 0.1) is 0 Å². The summed E-state index contributed by atoms with van der Waals surface area (Å²) in [6, 6.07) is 3.52. The van der Waals surface area contributed by atoms with Crippen LogP contribution >= 0.6 is 11.8 Å². The van der Waals surface area contributed by atoms with Crippen LogP contribution in [0.15, 0.2) is 24.5 Å². The van der Waals surface area contributed by atoms with Crippen molar-refractivity contribution in [1.82, 2.24) is 9.38 Å². The number of thioether (sulfide) groups is 1. The SMILES string of the molecule is Oc1cccn2cc(C3CCCSC3)nc12. The molecule has 0 aromatic carbocycles. The summed E-state index contributed by atoms with van der Waals surface area (Å²) in [4.78, 5) is 4.54. The Morgan fingerprint density at radius 3 is 3.19 bits per heavy atom. The van der Waals surface area contributed by atoms with Crippen LogP contribution in [0.2, 0.25) is 0 Å². The van der Waals surface area contributed by atoms with Crippen molar-refractivity contribution < 1.29 is 5.11 Å². The number of rotatable bonds is 1. The zero-order valence-electron chi connectivity index (χ0n) is 8.97. The number of pyridine rings is 1. The maximum absolute atomic E-state index is 9.69. The van der Waals surface area contributed by atoms with Crippen LogP contribution in [-0.2, 0) is 0 Å². The molecule has 1 unspecified atom stereocenters. The van der Waals surface area contributed by atoms with E-state index in [1.54, 1.807) is 6.07 Å². The molecule has 0 spiro atoms. The van der Waals surface area contributed by atoms with Crippen molar-refractivity contribution in [3.63, 3.8) is 0 Å². The Kier molecular flexibility index (Phi) is 2.52. The lowest BCUT2D eigenvalue weighted by Gasteiger charge is -2.18. The van der Waals surface area contributed by atoms with Gasteiger partial charge in [-0.2, -0.15) is 11.8 Å². The van der Waals surface area contributed by atoms with Crippen LogP contribution in [-0.4, -0.2) is 26.0 Å². The zero-order chi connectivity index (χ0) is 11.0. The first-order valence-electron chi connectivity index (χ1n) is 5.59. The second kappa shape index (κ2) is 4.01. The highest BCUT2D eigenvalue weighted by atomic mass is 32.2. The smallest absolute Gasteiger partial charge is 0.179 e. The summed E-state index contributed by atoms with van der Waals surface area (Å²) >= 11 is 2.00. The van der Waals surface area contributed by atoms with Crippen LogP contribution in [0.4, 0.5) is 0 Å². The van der Waals surface area contributed by atoms with E-state index in [9.17, 15) is 5.11 Å². The molecule has 1 aliphatic heterocycles. The second-order valence-corrected chi connectivity index (χ2v) is 5.35. The Balaban J connectivity index is 2.01. The minimum absolute atomic E-state index is 0.261. The number of aromatic nitrogens is 2. The van der Waals surface area contributed by atoms with E-state index in [2.05, 4.69) is 4.98 Å². The van der Waals surface area contributed by atoms with Gasteiger partial charge in [-0.3, -0.25) is 0 Å². The van der Waals surface area contributed by atoms with E-state index >= 15 is 0 Å². The summed E-state index contributed by atoms with van der Waals surface area (Å²) in [5.41, 5.74) is 1.79. The number of imidazole rings is 1. The fourth-order valence-corrected chi connectivity index (χ4v) is 3.35. The third-order valence-corrected chi connectivity index (χ3v) is 4.27. The lowest BCUT2D eigenvalue weighted by Crippen LogP contribution is -2.08. The molecule has 1 atom stereocenters. The van der Waals surface area contributed by atoms with Crippen LogP contribution in [0.3, 0.4) is 0 Å². The molecule has 16 heavy (non-hydrogen) atoms. The van der Waals surface area contributed by atoms with Crippen molar-refractivity contribution in [2.75, 3.05) is 11.5 Å². The maximum Gasteiger partial charge on any atom is 0.179 e. The van der Waals surface area contributed by atoms with Crippen molar-refractivity contribution in [1.29, 1.82) is 0 Å². The average Bonchev–Trinajstić information content (AvgIpc) is 2.76. The van der Waals surface area contributed by atoms with Gasteiger partial charge in [0.25, 0.3) is 0 Å². The minimum Gasteiger partial charge on any atom is -0.504 e. The lowest BCUT2D eigenvalue weighted by atomic mass is 10.0. The van der Waals surface area contributed by atoms with Gasteiger partial charge in [-0.05, 0) is 30.7 Å². The van der Waals surface area contributed by atoms with Gasteiger partial charge >= 0.3 is 0 Å². The molecule has 1 aliphatic rings. The second-order valence-electron chi connectivity index (χ2n) is 4.20. The summed E-state index contributed by atoms with van der Waals surface area (Å²) in [7, 11) is 0. The van der Waals surface area contributed by atoms with Gasteiger partial charge < -0.3 is 9.51 Å². The Bertz CT molecular complexity index is 503. The highest BCUT2D eigenvalue weighted by Gasteiger charge is 2.19. The lowest BCUT2D eigenvalue weighted by molar-refractivity contribution is 0.477. The van der Waals surface area contributed by atoms with Crippen molar-refractivity contribution >= 4 is 17.4 Å². The standard InChI is InChI=1S/C12H14N2OS/c15-11-4-1-5-14-7-10(13-12(11)14)9-3-2-6-16-8-9/h1,4-5,7,9,15H,2-3,6,8H2. The predicted molar refractivity (Wildman–Crippen MR) is 66.2 cm³/mol. The van der Waals surface area contributed by atoms with E-state index in [-0.39, 0.29) is 5.75 Å². The Labute approximate surface area is 98.5 Å². The Morgan fingerprint density at radius 2 is 2.44 bits per heavy atom. The Morgan fingerprint density at radius 1 is 1.50 bits per heavy atom. The van der Waals surface area contributed by atoms with Gasteiger partial charge in [-0.15, -0.1) is 0 Å². The molecule has 2 aromatic heterocycles. The number of nitrogens with zero attached hydrogens (tertiary/aromatic N) is 2. The van der Waals surface area contributed by atoms with Gasteiger partial charge in [-0.25, -0.2) is 4.98 Å². The fraction of sp³-hybridized carbons (Fsp3) is 0.417. The molecule has 3 rings (SSSR count). The molecule has 0 aliphatic carbocycles. The van der Waals surface area contributed by atoms with Crippen molar-refractivity contribution in [2.45, 2.75) is 18.8 Å². The third kappa shape index (κ3) is 1.67. The molecule has 2 aromatic rings. The summed E-state index contributed by atoms with van der Waals surface area (Å²) < 4.78 is 1.91. The molecule has 1 N–H and O–H groups in total. The van der Waals surface area contributed by atoms with Crippen LogP contribution in [0.1, 0.15) is 24.5 Å². The van der Waals surface area contributed by atoms with Crippen molar-refractivity contribution in [3.8, 4) is 5.75 Å². The van der Waals surface area contributed by atoms with Crippen LogP contribution in [0.25, 0.3) is 5.65 Å². The molecule has 84 valence electrons. The summed E-state index contributed by atoms with van der Waals surface area (Å²) in [6.07, 6.45) is 6.47. The van der Waals surface area contributed by atoms with E-state index in [4.69, 9.17) is 0 Å². The molecular weight excluding hydrogens is 220 g/mol. The summed E-state index contributed by atoms with van der Waals surface area (Å²) in [6.45, 7) is 0. The van der Waals surface area contributed by atoms with Gasteiger partial charge in [0.2, 0.25) is 0 Å². The summed E-state index contributed by atoms with van der Waals surface area (Å²) in [5.74, 6) is 3.25. The first-order chi connectivity index (χ1) is 7.84. The molecule has 0 amide bonds. The largest absolute Gasteiger partial charge is 0.504 e. The Hall–Kier alpha value is -1.16. The molecular formula is C12H14N2OS. The van der Waals surface area contributed by atoms with E-state index in [0.29, 0.717) is 11.6 Å². The van der Waals surface area contributed by atoms with E-state index in [0.717, 1.165) is 11.4 Å². The molecule has 1 saturated heterocycles. The first kappa shape index (κ1) is 10.0. The molecule has 0 saturated carbocycles. The van der Waals surface area contributed by atoms with Gasteiger partial charge in [0.05, 0.1) is 5.69 Å². The number of hydrogen-bond acceptors (Lipinski definition) is 3. The van der Waals surface area contributed by atoms with Gasteiger partial charge in [0.1, 0.15) is 0 Å². The molecule has 0 radical (unpaired) electrons. The van der Waals surface area contributed by atoms with Gasteiger partial charge in [0, 0.05) is 24.1 Å². The molecule has 3 heterocycles. The van der Waals surface area contributed by atoms with E-state index < -0.39 is 0 Å². The molecule has 0 bridgehead atoms. The quantitative estimate of drug-likeness (QED) is 0.824. The van der Waals surface area contributed by atoms with Gasteiger partial charge in [0.15, 0.2) is 11.4 Å². The predicted octanol–water partition coefficient (Wildman–Crippen LogP) is 2.65. The topological polar surface area (TPSA) is 37.5 Å². The molecule has 1 fully saturated rings. The first-order valence-corrected chi connectivity index (χ1v) is 6.74.